The van der Waals surface area contributed by atoms with Crippen molar-refractivity contribution in [1.82, 2.24) is 0 Å². The number of nitrogens with one attached hydrogen (secondary N) is 1. The summed E-state index contributed by atoms with van der Waals surface area (Å²) in [6, 6.07) is 9.88. The summed E-state index contributed by atoms with van der Waals surface area (Å²) in [5, 5.41) is 0.477. The normalized spacial score (nSPS) is 11.3. The molecule has 0 radical (unpaired) electrons. The van der Waals surface area contributed by atoms with Crippen molar-refractivity contribution in [3.63, 3.8) is 0 Å². The van der Waals surface area contributed by atoms with E-state index in [0.29, 0.717) is 10.6 Å². The van der Waals surface area contributed by atoms with Crippen LogP contribution < -0.4 is 4.72 Å². The van der Waals surface area contributed by atoms with Gasteiger partial charge in [-0.2, -0.15) is 0 Å². The lowest BCUT2D eigenvalue weighted by Gasteiger charge is -2.09. The van der Waals surface area contributed by atoms with Crippen molar-refractivity contribution in [1.29, 1.82) is 0 Å². The summed E-state index contributed by atoms with van der Waals surface area (Å²) >= 11 is 5.84. The second-order valence-electron chi connectivity index (χ2n) is 4.00. The second-order valence-corrected chi connectivity index (χ2v) is 6.09. The molecule has 2 aromatic rings. The van der Waals surface area contributed by atoms with Gasteiger partial charge in [-0.15, -0.1) is 0 Å². The van der Waals surface area contributed by atoms with E-state index in [9.17, 15) is 12.8 Å². The molecule has 100 valence electrons. The van der Waals surface area contributed by atoms with Gasteiger partial charge >= 0.3 is 0 Å². The minimum atomic E-state index is -3.82. The fourth-order valence-corrected chi connectivity index (χ4v) is 2.80. The Hall–Kier alpha value is -1.59. The molecule has 2 aromatic carbocycles. The highest BCUT2D eigenvalue weighted by Crippen LogP contribution is 2.22. The van der Waals surface area contributed by atoms with Crippen molar-refractivity contribution in [3.05, 3.63) is 58.9 Å². The number of halogens is 2. The molecule has 0 aliphatic carbocycles. The van der Waals surface area contributed by atoms with E-state index in [0.717, 1.165) is 0 Å². The molecule has 0 saturated carbocycles. The Bertz CT molecular complexity index is 716. The van der Waals surface area contributed by atoms with Gasteiger partial charge in [-0.25, -0.2) is 12.8 Å². The van der Waals surface area contributed by atoms with Crippen molar-refractivity contribution in [2.75, 3.05) is 4.72 Å². The average Bonchev–Trinajstić information content (AvgIpc) is 2.35. The molecule has 0 spiro atoms. The predicted octanol–water partition coefficient (Wildman–Crippen LogP) is 3.59. The average molecular weight is 300 g/mol. The van der Waals surface area contributed by atoms with E-state index >= 15 is 0 Å². The first-order valence-electron chi connectivity index (χ1n) is 5.43. The highest BCUT2D eigenvalue weighted by Gasteiger charge is 2.16. The SMILES string of the molecule is Cc1cc(S(=O)(=O)Nc2ccccc2F)ccc1Cl. The summed E-state index contributed by atoms with van der Waals surface area (Å²) in [5.41, 5.74) is 0.549. The molecule has 6 heteroatoms. The van der Waals surface area contributed by atoms with Crippen LogP contribution in [0.15, 0.2) is 47.4 Å². The second kappa shape index (κ2) is 5.19. The quantitative estimate of drug-likeness (QED) is 0.941. The van der Waals surface area contributed by atoms with Crippen molar-refractivity contribution in [3.8, 4) is 0 Å². The van der Waals surface area contributed by atoms with E-state index in [4.69, 9.17) is 11.6 Å². The molecule has 0 heterocycles. The van der Waals surface area contributed by atoms with Gasteiger partial charge in [-0.3, -0.25) is 4.72 Å². The summed E-state index contributed by atoms with van der Waals surface area (Å²) in [6.45, 7) is 1.70. The molecule has 19 heavy (non-hydrogen) atoms. The number of hydrogen-bond acceptors (Lipinski definition) is 2. The monoisotopic (exact) mass is 299 g/mol. The van der Waals surface area contributed by atoms with Crippen LogP contribution in [0.5, 0.6) is 0 Å². The predicted molar refractivity (Wildman–Crippen MR) is 73.4 cm³/mol. The van der Waals surface area contributed by atoms with Crippen LogP contribution in [0.25, 0.3) is 0 Å². The number of aryl methyl sites for hydroxylation is 1. The minimum Gasteiger partial charge on any atom is -0.277 e. The van der Waals surface area contributed by atoms with Gasteiger partial charge in [0.15, 0.2) is 0 Å². The lowest BCUT2D eigenvalue weighted by atomic mass is 10.2. The smallest absolute Gasteiger partial charge is 0.261 e. The Morgan fingerprint density at radius 3 is 2.47 bits per heavy atom. The molecule has 2 rings (SSSR count). The summed E-state index contributed by atoms with van der Waals surface area (Å²) in [4.78, 5) is 0.0395. The van der Waals surface area contributed by atoms with Crippen LogP contribution in [0.3, 0.4) is 0 Å². The zero-order valence-electron chi connectivity index (χ0n) is 10.0. The summed E-state index contributed by atoms with van der Waals surface area (Å²) in [5.74, 6) is -0.628. The first kappa shape index (κ1) is 13.8. The van der Waals surface area contributed by atoms with Gasteiger partial charge in [-0.05, 0) is 42.8 Å². The van der Waals surface area contributed by atoms with E-state index in [1.165, 1.54) is 36.4 Å². The molecule has 0 unspecified atom stereocenters. The zero-order valence-corrected chi connectivity index (χ0v) is 11.6. The van der Waals surface area contributed by atoms with Gasteiger partial charge in [0.2, 0.25) is 0 Å². The van der Waals surface area contributed by atoms with E-state index < -0.39 is 15.8 Å². The maximum atomic E-state index is 13.4. The third-order valence-corrected chi connectivity index (χ3v) is 4.35. The van der Waals surface area contributed by atoms with Crippen molar-refractivity contribution >= 4 is 27.3 Å². The number of benzene rings is 2. The number of anilines is 1. The molecule has 0 aliphatic rings. The van der Waals surface area contributed by atoms with Crippen molar-refractivity contribution in [2.24, 2.45) is 0 Å². The largest absolute Gasteiger partial charge is 0.277 e. The summed E-state index contributed by atoms with van der Waals surface area (Å²) < 4.78 is 39.8. The van der Waals surface area contributed by atoms with E-state index in [1.54, 1.807) is 13.0 Å². The van der Waals surface area contributed by atoms with Gasteiger partial charge in [0.1, 0.15) is 5.82 Å². The van der Waals surface area contributed by atoms with Crippen LogP contribution in [0.2, 0.25) is 5.02 Å². The first-order valence-corrected chi connectivity index (χ1v) is 7.30. The standard InChI is InChI=1S/C13H11ClFNO2S/c1-9-8-10(6-7-11(9)14)19(17,18)16-13-5-3-2-4-12(13)15/h2-8,16H,1H3. The maximum Gasteiger partial charge on any atom is 0.261 e. The molecule has 0 fully saturated rings. The van der Waals surface area contributed by atoms with Crippen LogP contribution in [0.4, 0.5) is 10.1 Å². The molecule has 0 aliphatic heterocycles. The van der Waals surface area contributed by atoms with Crippen LogP contribution in [-0.4, -0.2) is 8.42 Å². The molecule has 0 saturated heterocycles. The fourth-order valence-electron chi connectivity index (χ4n) is 1.53. The molecule has 3 nitrogen and oxygen atoms in total. The number of para-hydroxylation sites is 1. The molecule has 0 aromatic heterocycles. The highest BCUT2D eigenvalue weighted by molar-refractivity contribution is 7.92. The summed E-state index contributed by atoms with van der Waals surface area (Å²) in [7, 11) is -3.82. The molecule has 0 amide bonds. The molecule has 0 bridgehead atoms. The first-order chi connectivity index (χ1) is 8.90. The van der Waals surface area contributed by atoms with Crippen LogP contribution >= 0.6 is 11.6 Å². The Balaban J connectivity index is 2.38. The molecular formula is C13H11ClFNO2S. The van der Waals surface area contributed by atoms with E-state index in [-0.39, 0.29) is 10.6 Å². The topological polar surface area (TPSA) is 46.2 Å². The Morgan fingerprint density at radius 1 is 1.16 bits per heavy atom. The number of hydrogen-bond donors (Lipinski definition) is 1. The fraction of sp³-hybridized carbons (Fsp3) is 0.0769. The molecule has 0 atom stereocenters. The van der Waals surface area contributed by atoms with Crippen molar-refractivity contribution < 1.29 is 12.8 Å². The van der Waals surface area contributed by atoms with Gasteiger partial charge in [0.05, 0.1) is 10.6 Å². The van der Waals surface area contributed by atoms with Gasteiger partial charge in [0.25, 0.3) is 10.0 Å². The highest BCUT2D eigenvalue weighted by atomic mass is 35.5. The van der Waals surface area contributed by atoms with Crippen molar-refractivity contribution in [2.45, 2.75) is 11.8 Å². The number of sulfonamides is 1. The summed E-state index contributed by atoms with van der Waals surface area (Å²) in [6.07, 6.45) is 0. The van der Waals surface area contributed by atoms with Crippen LogP contribution in [0.1, 0.15) is 5.56 Å². The lowest BCUT2D eigenvalue weighted by Crippen LogP contribution is -2.14. The lowest BCUT2D eigenvalue weighted by molar-refractivity contribution is 0.598. The van der Waals surface area contributed by atoms with Crippen LogP contribution in [-0.2, 0) is 10.0 Å². The zero-order chi connectivity index (χ0) is 14.0. The van der Waals surface area contributed by atoms with Crippen LogP contribution in [0, 0.1) is 12.7 Å². The Labute approximate surface area is 116 Å². The Kier molecular flexibility index (Phi) is 3.78. The number of rotatable bonds is 3. The van der Waals surface area contributed by atoms with Gasteiger partial charge in [0, 0.05) is 5.02 Å². The molecular weight excluding hydrogens is 289 g/mol. The Morgan fingerprint density at radius 2 is 1.84 bits per heavy atom. The van der Waals surface area contributed by atoms with Gasteiger partial charge < -0.3 is 0 Å². The van der Waals surface area contributed by atoms with Gasteiger partial charge in [-0.1, -0.05) is 23.7 Å². The van der Waals surface area contributed by atoms with E-state index in [1.807, 2.05) is 0 Å². The third-order valence-electron chi connectivity index (χ3n) is 2.56. The molecule has 1 N–H and O–H groups in total. The maximum absolute atomic E-state index is 13.4. The van der Waals surface area contributed by atoms with E-state index in [2.05, 4.69) is 4.72 Å². The third kappa shape index (κ3) is 3.05. The minimum absolute atomic E-state index is 0.0395.